The molecule has 4 rings (SSSR count). The molecule has 33 heavy (non-hydrogen) atoms. The van der Waals surface area contributed by atoms with E-state index in [-0.39, 0.29) is 24.6 Å². The van der Waals surface area contributed by atoms with Crippen molar-refractivity contribution in [2.75, 3.05) is 23.4 Å². The molecule has 0 spiro atoms. The second kappa shape index (κ2) is 8.93. The molecular formula is C24H19F3N2O4. The van der Waals surface area contributed by atoms with Crippen molar-refractivity contribution < 1.29 is 32.3 Å². The molecule has 1 aliphatic heterocycles. The van der Waals surface area contributed by atoms with Gasteiger partial charge in [-0.3, -0.25) is 14.4 Å². The average Bonchev–Trinajstić information content (AvgIpc) is 3.18. The van der Waals surface area contributed by atoms with Crippen LogP contribution >= 0.6 is 0 Å². The second-order valence-corrected chi connectivity index (χ2v) is 7.64. The number of benzene rings is 3. The van der Waals surface area contributed by atoms with Crippen LogP contribution in [0.15, 0.2) is 66.7 Å². The molecular weight excluding hydrogens is 437 g/mol. The normalized spacial score (nSPS) is 16.2. The highest BCUT2D eigenvalue weighted by molar-refractivity contribution is 6.06. The highest BCUT2D eigenvalue weighted by Crippen LogP contribution is 2.32. The number of carbonyl (C=O) groups is 3. The first-order valence-electron chi connectivity index (χ1n) is 10.1. The number of ether oxygens (including phenoxy) is 1. The predicted octanol–water partition coefficient (Wildman–Crippen LogP) is 4.39. The van der Waals surface area contributed by atoms with E-state index >= 15 is 0 Å². The average molecular weight is 456 g/mol. The number of hydrogen-bond acceptors (Lipinski definition) is 4. The summed E-state index contributed by atoms with van der Waals surface area (Å²) >= 11 is 0. The first-order valence-corrected chi connectivity index (χ1v) is 10.1. The van der Waals surface area contributed by atoms with Crippen LogP contribution in [0, 0.1) is 5.92 Å². The molecule has 3 aromatic rings. The van der Waals surface area contributed by atoms with Gasteiger partial charge in [-0.1, -0.05) is 42.5 Å². The number of fused-ring (bicyclic) bond motifs is 1. The molecule has 0 saturated carbocycles. The lowest BCUT2D eigenvalue weighted by Crippen LogP contribution is -2.28. The molecule has 6 nitrogen and oxygen atoms in total. The minimum absolute atomic E-state index is 0.0582. The van der Waals surface area contributed by atoms with Crippen molar-refractivity contribution in [3.8, 4) is 0 Å². The number of anilines is 2. The van der Waals surface area contributed by atoms with Crippen LogP contribution in [0.4, 0.5) is 24.5 Å². The van der Waals surface area contributed by atoms with Gasteiger partial charge >= 0.3 is 12.1 Å². The van der Waals surface area contributed by atoms with Gasteiger partial charge in [0.1, 0.15) is 0 Å². The van der Waals surface area contributed by atoms with Gasteiger partial charge in [-0.15, -0.1) is 0 Å². The quantitative estimate of drug-likeness (QED) is 0.578. The summed E-state index contributed by atoms with van der Waals surface area (Å²) in [6.45, 7) is -0.561. The van der Waals surface area contributed by atoms with Crippen molar-refractivity contribution in [2.45, 2.75) is 12.6 Å². The van der Waals surface area contributed by atoms with Crippen molar-refractivity contribution in [1.82, 2.24) is 0 Å². The molecule has 1 atom stereocenters. The first kappa shape index (κ1) is 22.3. The molecule has 0 unspecified atom stereocenters. The van der Waals surface area contributed by atoms with Gasteiger partial charge in [-0.25, -0.2) is 0 Å². The Morgan fingerprint density at radius 2 is 1.76 bits per heavy atom. The minimum atomic E-state index is -4.54. The molecule has 1 aliphatic rings. The molecule has 1 heterocycles. The third-order valence-electron chi connectivity index (χ3n) is 5.33. The van der Waals surface area contributed by atoms with E-state index in [9.17, 15) is 27.6 Å². The molecule has 2 amide bonds. The van der Waals surface area contributed by atoms with E-state index in [1.54, 1.807) is 6.07 Å². The maximum absolute atomic E-state index is 12.8. The monoisotopic (exact) mass is 456 g/mol. The first-order chi connectivity index (χ1) is 15.7. The molecule has 3 aromatic carbocycles. The van der Waals surface area contributed by atoms with Crippen LogP contribution in [-0.2, 0) is 25.3 Å². The summed E-state index contributed by atoms with van der Waals surface area (Å²) < 4.78 is 43.4. The van der Waals surface area contributed by atoms with E-state index in [1.807, 2.05) is 36.4 Å². The van der Waals surface area contributed by atoms with Crippen LogP contribution in [0.3, 0.4) is 0 Å². The summed E-state index contributed by atoms with van der Waals surface area (Å²) in [6.07, 6.45) is -4.60. The topological polar surface area (TPSA) is 75.7 Å². The number of alkyl halides is 3. The number of hydrogen-bond donors (Lipinski definition) is 1. The van der Waals surface area contributed by atoms with Gasteiger partial charge in [0.05, 0.1) is 17.2 Å². The summed E-state index contributed by atoms with van der Waals surface area (Å²) in [6, 6.07) is 17.3. The van der Waals surface area contributed by atoms with Crippen molar-refractivity contribution in [3.63, 3.8) is 0 Å². The SMILES string of the molecule is O=C(COC(=O)[C@@H]1CC(=O)N(c2cccc3ccccc23)C1)Nc1cccc(C(F)(F)F)c1. The molecule has 0 bridgehead atoms. The Bertz CT molecular complexity index is 1220. The highest BCUT2D eigenvalue weighted by Gasteiger charge is 2.37. The van der Waals surface area contributed by atoms with E-state index in [1.165, 1.54) is 11.0 Å². The third-order valence-corrected chi connectivity index (χ3v) is 5.33. The van der Waals surface area contributed by atoms with Gasteiger partial charge in [0.2, 0.25) is 5.91 Å². The molecule has 0 radical (unpaired) electrons. The van der Waals surface area contributed by atoms with E-state index < -0.39 is 36.1 Å². The molecule has 9 heteroatoms. The lowest BCUT2D eigenvalue weighted by Gasteiger charge is -2.18. The predicted molar refractivity (Wildman–Crippen MR) is 115 cm³/mol. The van der Waals surface area contributed by atoms with Crippen LogP contribution in [0.1, 0.15) is 12.0 Å². The fraction of sp³-hybridized carbons (Fsp3) is 0.208. The number of nitrogens with one attached hydrogen (secondary N) is 1. The fourth-order valence-corrected chi connectivity index (χ4v) is 3.77. The largest absolute Gasteiger partial charge is 0.455 e. The zero-order valence-electron chi connectivity index (χ0n) is 17.3. The molecule has 1 N–H and O–H groups in total. The third kappa shape index (κ3) is 4.97. The zero-order chi connectivity index (χ0) is 23.6. The summed E-state index contributed by atoms with van der Waals surface area (Å²) in [5.41, 5.74) is -0.282. The molecule has 1 saturated heterocycles. The number of nitrogens with zero attached hydrogens (tertiary/aromatic N) is 1. The number of esters is 1. The number of amides is 2. The van der Waals surface area contributed by atoms with Crippen LogP contribution in [-0.4, -0.2) is 30.9 Å². The Hall–Kier alpha value is -3.88. The van der Waals surface area contributed by atoms with E-state index in [4.69, 9.17) is 4.74 Å². The highest BCUT2D eigenvalue weighted by atomic mass is 19.4. The molecule has 0 aliphatic carbocycles. The lowest BCUT2D eigenvalue weighted by atomic mass is 10.1. The van der Waals surface area contributed by atoms with Gasteiger partial charge in [0.15, 0.2) is 6.61 Å². The Kier molecular flexibility index (Phi) is 6.04. The van der Waals surface area contributed by atoms with E-state index in [0.29, 0.717) is 5.69 Å². The van der Waals surface area contributed by atoms with Crippen molar-refractivity contribution in [1.29, 1.82) is 0 Å². The van der Waals surface area contributed by atoms with E-state index in [0.717, 1.165) is 29.0 Å². The Morgan fingerprint density at radius 1 is 1.03 bits per heavy atom. The van der Waals surface area contributed by atoms with Gasteiger partial charge in [-0.2, -0.15) is 13.2 Å². The Morgan fingerprint density at radius 3 is 2.55 bits per heavy atom. The van der Waals surface area contributed by atoms with Gasteiger partial charge in [-0.05, 0) is 29.7 Å². The standard InChI is InChI=1S/C24H19F3N2O4/c25-24(26,27)17-7-4-8-18(12-17)28-21(30)14-33-23(32)16-11-22(31)29(13-16)20-10-3-6-15-5-1-2-9-19(15)20/h1-10,12,16H,11,13-14H2,(H,28,30)/t16-/m1/s1. The summed E-state index contributed by atoms with van der Waals surface area (Å²) in [4.78, 5) is 38.6. The summed E-state index contributed by atoms with van der Waals surface area (Å²) in [7, 11) is 0. The number of carbonyl (C=O) groups excluding carboxylic acids is 3. The van der Waals surface area contributed by atoms with Crippen LogP contribution in [0.25, 0.3) is 10.8 Å². The lowest BCUT2D eigenvalue weighted by molar-refractivity contribution is -0.151. The van der Waals surface area contributed by atoms with Gasteiger partial charge in [0.25, 0.3) is 5.91 Å². The van der Waals surface area contributed by atoms with Crippen molar-refractivity contribution in [3.05, 3.63) is 72.3 Å². The van der Waals surface area contributed by atoms with Crippen molar-refractivity contribution >= 4 is 39.9 Å². The number of halogens is 3. The molecule has 1 fully saturated rings. The van der Waals surface area contributed by atoms with Crippen molar-refractivity contribution in [2.24, 2.45) is 5.92 Å². The van der Waals surface area contributed by atoms with Crippen LogP contribution in [0.2, 0.25) is 0 Å². The van der Waals surface area contributed by atoms with Crippen LogP contribution < -0.4 is 10.2 Å². The smallest absolute Gasteiger partial charge is 0.416 e. The van der Waals surface area contributed by atoms with Gasteiger partial charge in [0, 0.05) is 24.0 Å². The summed E-state index contributed by atoms with van der Waals surface area (Å²) in [5, 5.41) is 4.11. The maximum atomic E-state index is 12.8. The fourth-order valence-electron chi connectivity index (χ4n) is 3.77. The maximum Gasteiger partial charge on any atom is 0.416 e. The van der Waals surface area contributed by atoms with Crippen LogP contribution in [0.5, 0.6) is 0 Å². The van der Waals surface area contributed by atoms with E-state index in [2.05, 4.69) is 5.32 Å². The number of rotatable bonds is 5. The molecule has 0 aromatic heterocycles. The molecule has 170 valence electrons. The van der Waals surface area contributed by atoms with Gasteiger partial charge < -0.3 is 15.0 Å². The second-order valence-electron chi connectivity index (χ2n) is 7.64. The summed E-state index contributed by atoms with van der Waals surface area (Å²) in [5.74, 6) is -2.48. The Balaban J connectivity index is 1.36. The Labute approximate surface area is 186 Å². The minimum Gasteiger partial charge on any atom is -0.455 e. The zero-order valence-corrected chi connectivity index (χ0v) is 17.3.